The maximum absolute atomic E-state index is 10.4. The molecule has 1 fully saturated rings. The lowest BCUT2D eigenvalue weighted by atomic mass is 10.3. The second-order valence-corrected chi connectivity index (χ2v) is 3.33. The van der Waals surface area contributed by atoms with Crippen LogP contribution in [-0.4, -0.2) is 28.5 Å². The Morgan fingerprint density at radius 1 is 1.35 bits per heavy atom. The Hall–Kier alpha value is -2.38. The van der Waals surface area contributed by atoms with Crippen molar-refractivity contribution in [3.05, 3.63) is 22.2 Å². The standard InChI is InChI=1S/C5H7N3O.C4H6N2O2/c1-3-2-7-5(9)8-4(3)6;7-3-1-2-5-4(8)6-3/h2H,1H3,(H3,6,7,8,9);1-2H2,(H2,5,6,7,8). The number of nitrogens with one attached hydrogen (secondary N) is 3. The first kappa shape index (κ1) is 12.7. The van der Waals surface area contributed by atoms with Crippen LogP contribution in [0.5, 0.6) is 0 Å². The van der Waals surface area contributed by atoms with Gasteiger partial charge in [0, 0.05) is 24.7 Å². The highest BCUT2D eigenvalue weighted by molar-refractivity contribution is 5.96. The fourth-order valence-corrected chi connectivity index (χ4v) is 0.997. The van der Waals surface area contributed by atoms with Gasteiger partial charge in [0.15, 0.2) is 0 Å². The molecule has 17 heavy (non-hydrogen) atoms. The van der Waals surface area contributed by atoms with E-state index in [1.54, 1.807) is 6.92 Å². The molecule has 0 unspecified atom stereocenters. The van der Waals surface area contributed by atoms with Gasteiger partial charge in [-0.2, -0.15) is 4.98 Å². The Balaban J connectivity index is 0.000000171. The summed E-state index contributed by atoms with van der Waals surface area (Å²) in [6.07, 6.45) is 1.93. The zero-order chi connectivity index (χ0) is 12.8. The quantitative estimate of drug-likeness (QED) is 0.455. The number of H-pyrrole nitrogens is 1. The molecular weight excluding hydrogens is 226 g/mol. The van der Waals surface area contributed by atoms with Crippen molar-refractivity contribution in [2.24, 2.45) is 0 Å². The van der Waals surface area contributed by atoms with Gasteiger partial charge in [0.25, 0.3) is 0 Å². The summed E-state index contributed by atoms with van der Waals surface area (Å²) in [5, 5.41) is 4.53. The molecule has 2 heterocycles. The second-order valence-electron chi connectivity index (χ2n) is 3.33. The molecule has 0 aliphatic carbocycles. The SMILES string of the molecule is Cc1c[nH]c(=O)nc1N.O=C1CCNC(=O)N1. The van der Waals surface area contributed by atoms with E-state index >= 15 is 0 Å². The Morgan fingerprint density at radius 2 is 2.06 bits per heavy atom. The average Bonchev–Trinajstić information content (AvgIpc) is 2.24. The van der Waals surface area contributed by atoms with E-state index in [9.17, 15) is 14.4 Å². The van der Waals surface area contributed by atoms with Crippen molar-refractivity contribution in [2.45, 2.75) is 13.3 Å². The van der Waals surface area contributed by atoms with Crippen LogP contribution in [0.2, 0.25) is 0 Å². The molecule has 0 radical (unpaired) electrons. The molecule has 1 aliphatic heterocycles. The average molecular weight is 239 g/mol. The molecule has 3 amide bonds. The Bertz CT molecular complexity index is 468. The third-order valence-electron chi connectivity index (χ3n) is 1.93. The normalized spacial score (nSPS) is 14.2. The zero-order valence-electron chi connectivity index (χ0n) is 9.24. The number of imide groups is 1. The lowest BCUT2D eigenvalue weighted by Crippen LogP contribution is -2.46. The van der Waals surface area contributed by atoms with Crippen LogP contribution in [0, 0.1) is 6.92 Å². The third-order valence-corrected chi connectivity index (χ3v) is 1.93. The number of aromatic nitrogens is 2. The summed E-state index contributed by atoms with van der Waals surface area (Å²) in [6, 6.07) is -0.388. The van der Waals surface area contributed by atoms with Crippen molar-refractivity contribution < 1.29 is 9.59 Å². The minimum atomic E-state index is -0.405. The number of nitrogen functional groups attached to an aromatic ring is 1. The van der Waals surface area contributed by atoms with Crippen molar-refractivity contribution in [1.82, 2.24) is 20.6 Å². The van der Waals surface area contributed by atoms with E-state index in [1.807, 2.05) is 0 Å². The van der Waals surface area contributed by atoms with E-state index in [0.717, 1.165) is 5.56 Å². The lowest BCUT2D eigenvalue weighted by Gasteiger charge is -2.10. The maximum Gasteiger partial charge on any atom is 0.346 e. The molecule has 8 nitrogen and oxygen atoms in total. The van der Waals surface area contributed by atoms with Gasteiger partial charge < -0.3 is 16.0 Å². The summed E-state index contributed by atoms with van der Waals surface area (Å²) in [5.41, 5.74) is 5.67. The molecule has 0 bridgehead atoms. The molecular formula is C9H13N5O3. The number of carbonyl (C=O) groups is 2. The van der Waals surface area contributed by atoms with Crippen LogP contribution in [0.15, 0.2) is 11.0 Å². The van der Waals surface area contributed by atoms with E-state index in [1.165, 1.54) is 6.20 Å². The molecule has 1 aromatic rings. The van der Waals surface area contributed by atoms with Gasteiger partial charge in [-0.25, -0.2) is 9.59 Å². The molecule has 5 N–H and O–H groups in total. The first-order valence-electron chi connectivity index (χ1n) is 4.88. The number of nitrogens with zero attached hydrogens (tertiary/aromatic N) is 1. The first-order chi connectivity index (χ1) is 7.99. The van der Waals surface area contributed by atoms with Crippen LogP contribution in [0.25, 0.3) is 0 Å². The second kappa shape index (κ2) is 5.64. The fourth-order valence-electron chi connectivity index (χ4n) is 0.997. The highest BCUT2D eigenvalue weighted by Crippen LogP contribution is 1.97. The summed E-state index contributed by atoms with van der Waals surface area (Å²) >= 11 is 0. The van der Waals surface area contributed by atoms with Gasteiger partial charge in [0.05, 0.1) is 0 Å². The molecule has 1 aliphatic rings. The third kappa shape index (κ3) is 4.33. The number of anilines is 1. The van der Waals surface area contributed by atoms with E-state index in [4.69, 9.17) is 5.73 Å². The Kier molecular flexibility index (Phi) is 4.21. The highest BCUT2D eigenvalue weighted by atomic mass is 16.2. The predicted molar refractivity (Wildman–Crippen MR) is 60.2 cm³/mol. The number of urea groups is 1. The number of carbonyl (C=O) groups excluding carboxylic acids is 2. The van der Waals surface area contributed by atoms with Gasteiger partial charge in [-0.15, -0.1) is 0 Å². The van der Waals surface area contributed by atoms with Gasteiger partial charge in [0.1, 0.15) is 5.82 Å². The lowest BCUT2D eigenvalue weighted by molar-refractivity contribution is -0.120. The van der Waals surface area contributed by atoms with Crippen molar-refractivity contribution in [2.75, 3.05) is 12.3 Å². The summed E-state index contributed by atoms with van der Waals surface area (Å²) in [7, 11) is 0. The first-order valence-corrected chi connectivity index (χ1v) is 4.88. The van der Waals surface area contributed by atoms with Crippen LogP contribution < -0.4 is 22.1 Å². The monoisotopic (exact) mass is 239 g/mol. The van der Waals surface area contributed by atoms with Crippen LogP contribution in [0.3, 0.4) is 0 Å². The van der Waals surface area contributed by atoms with Crippen LogP contribution in [0.1, 0.15) is 12.0 Å². The number of rotatable bonds is 0. The number of nitrogens with two attached hydrogens (primary N) is 1. The Morgan fingerprint density at radius 3 is 2.47 bits per heavy atom. The topological polar surface area (TPSA) is 130 Å². The van der Waals surface area contributed by atoms with E-state index in [2.05, 4.69) is 20.6 Å². The fraction of sp³-hybridized carbons (Fsp3) is 0.333. The summed E-state index contributed by atoms with van der Waals surface area (Å²) in [5.74, 6) is 0.0903. The minimum absolute atomic E-state index is 0.200. The van der Waals surface area contributed by atoms with Gasteiger partial charge in [-0.1, -0.05) is 0 Å². The number of amides is 3. The molecule has 0 atom stereocenters. The van der Waals surface area contributed by atoms with Crippen molar-refractivity contribution in [1.29, 1.82) is 0 Å². The molecule has 0 saturated carbocycles. The van der Waals surface area contributed by atoms with E-state index in [0.29, 0.717) is 18.8 Å². The summed E-state index contributed by atoms with van der Waals surface area (Å²) in [6.45, 7) is 2.24. The number of aryl methyl sites for hydroxylation is 1. The van der Waals surface area contributed by atoms with Crippen molar-refractivity contribution in [3.8, 4) is 0 Å². The Labute approximate surface area is 96.6 Å². The number of hydrogen-bond donors (Lipinski definition) is 4. The highest BCUT2D eigenvalue weighted by Gasteiger charge is 2.11. The molecule has 2 rings (SSSR count). The van der Waals surface area contributed by atoms with E-state index in [-0.39, 0.29) is 11.9 Å². The summed E-state index contributed by atoms with van der Waals surface area (Å²) < 4.78 is 0. The summed E-state index contributed by atoms with van der Waals surface area (Å²) in [4.78, 5) is 36.8. The molecule has 1 aromatic heterocycles. The van der Waals surface area contributed by atoms with Gasteiger partial charge in [0.2, 0.25) is 5.91 Å². The van der Waals surface area contributed by atoms with Crippen molar-refractivity contribution in [3.63, 3.8) is 0 Å². The molecule has 92 valence electrons. The maximum atomic E-state index is 10.4. The van der Waals surface area contributed by atoms with Gasteiger partial charge >= 0.3 is 11.7 Å². The number of hydrogen-bond acceptors (Lipinski definition) is 5. The number of aromatic amines is 1. The molecule has 8 heteroatoms. The molecule has 0 spiro atoms. The van der Waals surface area contributed by atoms with E-state index < -0.39 is 5.69 Å². The minimum Gasteiger partial charge on any atom is -0.383 e. The van der Waals surface area contributed by atoms with Gasteiger partial charge in [-0.3, -0.25) is 10.1 Å². The van der Waals surface area contributed by atoms with Crippen LogP contribution in [-0.2, 0) is 4.79 Å². The predicted octanol–water partition coefficient (Wildman–Crippen LogP) is -1.12. The van der Waals surface area contributed by atoms with Crippen LogP contribution in [0.4, 0.5) is 10.6 Å². The zero-order valence-corrected chi connectivity index (χ0v) is 9.24. The molecule has 0 aromatic carbocycles. The van der Waals surface area contributed by atoms with Gasteiger partial charge in [-0.05, 0) is 6.92 Å². The van der Waals surface area contributed by atoms with Crippen LogP contribution >= 0.6 is 0 Å². The largest absolute Gasteiger partial charge is 0.383 e. The van der Waals surface area contributed by atoms with Crippen molar-refractivity contribution >= 4 is 17.8 Å². The smallest absolute Gasteiger partial charge is 0.346 e. The molecule has 1 saturated heterocycles.